The number of anilines is 1. The van der Waals surface area contributed by atoms with Crippen molar-refractivity contribution in [2.24, 2.45) is 0 Å². The smallest absolute Gasteiger partial charge is 0.258 e. The van der Waals surface area contributed by atoms with Crippen molar-refractivity contribution >= 4 is 11.7 Å². The maximum absolute atomic E-state index is 11.9. The molecule has 2 rings (SSSR count). The average molecular weight is 316 g/mol. The number of nitrogens with zero attached hydrogens (tertiary/aromatic N) is 3. The second-order valence-corrected chi connectivity index (χ2v) is 4.94. The fourth-order valence-corrected chi connectivity index (χ4v) is 1.83. The van der Waals surface area contributed by atoms with E-state index in [4.69, 9.17) is 9.47 Å². The van der Waals surface area contributed by atoms with Gasteiger partial charge >= 0.3 is 0 Å². The second kappa shape index (κ2) is 7.98. The van der Waals surface area contributed by atoms with Gasteiger partial charge in [-0.25, -0.2) is 9.97 Å². The maximum atomic E-state index is 11.9. The lowest BCUT2D eigenvalue weighted by Gasteiger charge is -2.12. The van der Waals surface area contributed by atoms with E-state index in [9.17, 15) is 4.79 Å². The number of aromatic nitrogens is 2. The molecule has 0 saturated heterocycles. The van der Waals surface area contributed by atoms with Crippen molar-refractivity contribution in [3.63, 3.8) is 0 Å². The standard InChI is InChI=1S/C16H20N4O3/c1-20(2)15-8-9-17-14(19-15)10-18-16(21)11-23-13-7-5-4-6-12(13)22-3/h4-9H,10-11H2,1-3H3,(H,18,21). The summed E-state index contributed by atoms with van der Waals surface area (Å²) < 4.78 is 10.6. The zero-order valence-corrected chi connectivity index (χ0v) is 13.4. The van der Waals surface area contributed by atoms with E-state index in [1.54, 1.807) is 31.5 Å². The van der Waals surface area contributed by atoms with Crippen LogP contribution in [0.5, 0.6) is 11.5 Å². The minimum absolute atomic E-state index is 0.103. The first-order valence-corrected chi connectivity index (χ1v) is 7.12. The van der Waals surface area contributed by atoms with Crippen molar-refractivity contribution in [2.75, 3.05) is 32.7 Å². The summed E-state index contributed by atoms with van der Waals surface area (Å²) in [6.45, 7) is 0.142. The molecule has 7 heteroatoms. The van der Waals surface area contributed by atoms with Crippen LogP contribution in [0.2, 0.25) is 0 Å². The quantitative estimate of drug-likeness (QED) is 0.828. The zero-order chi connectivity index (χ0) is 16.7. The number of para-hydroxylation sites is 2. The number of hydrogen-bond donors (Lipinski definition) is 1. The van der Waals surface area contributed by atoms with E-state index in [1.807, 2.05) is 31.1 Å². The van der Waals surface area contributed by atoms with Crippen molar-refractivity contribution in [3.05, 3.63) is 42.4 Å². The molecule has 0 aliphatic carbocycles. The van der Waals surface area contributed by atoms with Gasteiger partial charge in [-0.05, 0) is 18.2 Å². The lowest BCUT2D eigenvalue weighted by Crippen LogP contribution is -2.29. The third kappa shape index (κ3) is 4.84. The molecule has 0 radical (unpaired) electrons. The van der Waals surface area contributed by atoms with Crippen LogP contribution < -0.4 is 19.7 Å². The van der Waals surface area contributed by atoms with Gasteiger partial charge in [-0.2, -0.15) is 0 Å². The number of ether oxygens (including phenoxy) is 2. The normalized spacial score (nSPS) is 10.0. The van der Waals surface area contributed by atoms with Crippen LogP contribution in [0.4, 0.5) is 5.82 Å². The molecule has 0 aliphatic rings. The molecule has 1 N–H and O–H groups in total. The van der Waals surface area contributed by atoms with Crippen LogP contribution in [0.25, 0.3) is 0 Å². The van der Waals surface area contributed by atoms with Crippen LogP contribution in [0.15, 0.2) is 36.5 Å². The number of amides is 1. The minimum Gasteiger partial charge on any atom is -0.493 e. The Morgan fingerprint density at radius 1 is 1.22 bits per heavy atom. The largest absolute Gasteiger partial charge is 0.493 e. The van der Waals surface area contributed by atoms with Gasteiger partial charge in [-0.15, -0.1) is 0 Å². The highest BCUT2D eigenvalue weighted by Gasteiger charge is 2.08. The number of nitrogens with one attached hydrogen (secondary N) is 1. The Hall–Kier alpha value is -2.83. The van der Waals surface area contributed by atoms with Crippen LogP contribution in [-0.4, -0.2) is 43.7 Å². The van der Waals surface area contributed by atoms with Gasteiger partial charge in [-0.1, -0.05) is 12.1 Å². The second-order valence-electron chi connectivity index (χ2n) is 4.94. The number of carbonyl (C=O) groups is 1. The molecule has 1 aromatic carbocycles. The van der Waals surface area contributed by atoms with E-state index in [1.165, 1.54) is 0 Å². The van der Waals surface area contributed by atoms with Crippen molar-refractivity contribution < 1.29 is 14.3 Å². The molecule has 0 bridgehead atoms. The Morgan fingerprint density at radius 3 is 2.65 bits per heavy atom. The fraction of sp³-hybridized carbons (Fsp3) is 0.312. The SMILES string of the molecule is COc1ccccc1OCC(=O)NCc1nccc(N(C)C)n1. The van der Waals surface area contributed by atoms with E-state index in [0.29, 0.717) is 17.3 Å². The van der Waals surface area contributed by atoms with Gasteiger partial charge in [0, 0.05) is 20.3 Å². The Bertz CT molecular complexity index is 661. The molecule has 0 fully saturated rings. The summed E-state index contributed by atoms with van der Waals surface area (Å²) in [6, 6.07) is 8.97. The summed E-state index contributed by atoms with van der Waals surface area (Å²) in [5.74, 6) is 2.18. The van der Waals surface area contributed by atoms with Crippen LogP contribution in [0.3, 0.4) is 0 Å². The monoisotopic (exact) mass is 316 g/mol. The van der Waals surface area contributed by atoms with E-state index in [2.05, 4.69) is 15.3 Å². The lowest BCUT2D eigenvalue weighted by atomic mass is 10.3. The van der Waals surface area contributed by atoms with Crippen molar-refractivity contribution in [2.45, 2.75) is 6.54 Å². The van der Waals surface area contributed by atoms with E-state index >= 15 is 0 Å². The number of carbonyl (C=O) groups excluding carboxylic acids is 1. The number of methoxy groups -OCH3 is 1. The van der Waals surface area contributed by atoms with Crippen LogP contribution in [-0.2, 0) is 11.3 Å². The van der Waals surface area contributed by atoms with Gasteiger partial charge in [0.2, 0.25) is 0 Å². The zero-order valence-electron chi connectivity index (χ0n) is 13.4. The molecule has 1 heterocycles. The number of hydrogen-bond acceptors (Lipinski definition) is 6. The average Bonchev–Trinajstić information content (AvgIpc) is 2.58. The third-order valence-corrected chi connectivity index (χ3v) is 3.02. The Kier molecular flexibility index (Phi) is 5.74. The molecule has 7 nitrogen and oxygen atoms in total. The van der Waals surface area contributed by atoms with Crippen LogP contribution in [0, 0.1) is 0 Å². The van der Waals surface area contributed by atoms with Crippen molar-refractivity contribution in [1.29, 1.82) is 0 Å². The van der Waals surface area contributed by atoms with Gasteiger partial charge in [0.25, 0.3) is 5.91 Å². The third-order valence-electron chi connectivity index (χ3n) is 3.02. The lowest BCUT2D eigenvalue weighted by molar-refractivity contribution is -0.123. The summed E-state index contributed by atoms with van der Waals surface area (Å²) in [6.07, 6.45) is 1.66. The molecular formula is C16H20N4O3. The summed E-state index contributed by atoms with van der Waals surface area (Å²) >= 11 is 0. The minimum atomic E-state index is -0.255. The number of benzene rings is 1. The highest BCUT2D eigenvalue weighted by molar-refractivity contribution is 5.77. The molecular weight excluding hydrogens is 296 g/mol. The first kappa shape index (κ1) is 16.5. The molecule has 23 heavy (non-hydrogen) atoms. The van der Waals surface area contributed by atoms with Crippen LogP contribution in [0.1, 0.15) is 5.82 Å². The van der Waals surface area contributed by atoms with E-state index in [0.717, 1.165) is 5.82 Å². The predicted octanol–water partition coefficient (Wildman–Crippen LogP) is 1.25. The first-order chi connectivity index (χ1) is 11.1. The maximum Gasteiger partial charge on any atom is 0.258 e. The Morgan fingerprint density at radius 2 is 1.96 bits per heavy atom. The first-order valence-electron chi connectivity index (χ1n) is 7.12. The topological polar surface area (TPSA) is 76.6 Å². The van der Waals surface area contributed by atoms with Crippen molar-refractivity contribution in [1.82, 2.24) is 15.3 Å². The summed E-state index contributed by atoms with van der Waals surface area (Å²) in [5, 5.41) is 2.72. The molecule has 0 saturated carbocycles. The van der Waals surface area contributed by atoms with E-state index < -0.39 is 0 Å². The Labute approximate surface area is 135 Å². The highest BCUT2D eigenvalue weighted by atomic mass is 16.5. The molecule has 0 unspecified atom stereocenters. The number of rotatable bonds is 7. The summed E-state index contributed by atoms with van der Waals surface area (Å²) in [5.41, 5.74) is 0. The molecule has 1 amide bonds. The van der Waals surface area contributed by atoms with E-state index in [-0.39, 0.29) is 19.1 Å². The van der Waals surface area contributed by atoms with Crippen molar-refractivity contribution in [3.8, 4) is 11.5 Å². The van der Waals surface area contributed by atoms with Gasteiger partial charge in [-0.3, -0.25) is 4.79 Å². The molecule has 0 atom stereocenters. The fourth-order valence-electron chi connectivity index (χ4n) is 1.83. The Balaban J connectivity index is 1.84. The summed E-state index contributed by atoms with van der Waals surface area (Å²) in [4.78, 5) is 22.2. The predicted molar refractivity (Wildman–Crippen MR) is 86.7 cm³/mol. The molecule has 0 aliphatic heterocycles. The van der Waals surface area contributed by atoms with Gasteiger partial charge in [0.15, 0.2) is 18.1 Å². The van der Waals surface area contributed by atoms with Crippen LogP contribution >= 0.6 is 0 Å². The summed E-state index contributed by atoms with van der Waals surface area (Å²) in [7, 11) is 5.34. The molecule has 122 valence electrons. The van der Waals surface area contributed by atoms with Gasteiger partial charge in [0.1, 0.15) is 11.6 Å². The molecule has 0 spiro atoms. The van der Waals surface area contributed by atoms with Gasteiger partial charge < -0.3 is 19.7 Å². The van der Waals surface area contributed by atoms with Gasteiger partial charge in [0.05, 0.1) is 13.7 Å². The molecule has 1 aromatic heterocycles. The molecule has 2 aromatic rings. The highest BCUT2D eigenvalue weighted by Crippen LogP contribution is 2.25.